The van der Waals surface area contributed by atoms with E-state index in [9.17, 15) is 13.2 Å². The lowest BCUT2D eigenvalue weighted by Crippen LogP contribution is -2.32. The predicted octanol–water partition coefficient (Wildman–Crippen LogP) is 1.61. The van der Waals surface area contributed by atoms with E-state index in [4.69, 9.17) is 4.74 Å². The van der Waals surface area contributed by atoms with E-state index in [1.165, 1.54) is 12.1 Å². The first-order valence-electron chi connectivity index (χ1n) is 6.50. The summed E-state index contributed by atoms with van der Waals surface area (Å²) in [6.45, 7) is -0.344. The average Bonchev–Trinajstić information content (AvgIpc) is 2.55. The van der Waals surface area contributed by atoms with Gasteiger partial charge in [-0.1, -0.05) is 18.2 Å². The number of hydrogen-bond donors (Lipinski definition) is 2. The number of carbonyl (C=O) groups excluding carboxylic acids is 1. The van der Waals surface area contributed by atoms with Crippen molar-refractivity contribution in [3.8, 4) is 5.75 Å². The summed E-state index contributed by atoms with van der Waals surface area (Å²) in [5.41, 5.74) is 0.560. The number of rotatable bonds is 6. The molecule has 0 heterocycles. The van der Waals surface area contributed by atoms with E-state index in [0.717, 1.165) is 0 Å². The molecule has 2 N–H and O–H groups in total. The summed E-state index contributed by atoms with van der Waals surface area (Å²) < 4.78 is 31.2. The highest BCUT2D eigenvalue weighted by Gasteiger charge is 2.14. The van der Waals surface area contributed by atoms with Crippen LogP contribution in [0, 0.1) is 0 Å². The molecule has 0 spiro atoms. The zero-order chi connectivity index (χ0) is 16.0. The minimum absolute atomic E-state index is 0.118. The molecular formula is C15H16N2O4S. The van der Waals surface area contributed by atoms with E-state index in [1.807, 2.05) is 0 Å². The van der Waals surface area contributed by atoms with Crippen LogP contribution in [0.25, 0.3) is 0 Å². The Labute approximate surface area is 129 Å². The molecule has 2 rings (SSSR count). The lowest BCUT2D eigenvalue weighted by atomic mass is 10.3. The van der Waals surface area contributed by atoms with Crippen LogP contribution in [0.3, 0.4) is 0 Å². The van der Waals surface area contributed by atoms with Crippen molar-refractivity contribution in [2.45, 2.75) is 4.90 Å². The highest BCUT2D eigenvalue weighted by Crippen LogP contribution is 2.14. The maximum atomic E-state index is 12.0. The van der Waals surface area contributed by atoms with Gasteiger partial charge in [-0.2, -0.15) is 0 Å². The highest BCUT2D eigenvalue weighted by molar-refractivity contribution is 7.89. The summed E-state index contributed by atoms with van der Waals surface area (Å²) in [5, 5.41) is 2.60. The number of methoxy groups -OCH3 is 1. The Morgan fingerprint density at radius 3 is 2.27 bits per heavy atom. The van der Waals surface area contributed by atoms with Gasteiger partial charge in [0.1, 0.15) is 5.75 Å². The number of nitrogens with one attached hydrogen (secondary N) is 2. The molecule has 6 nitrogen and oxygen atoms in total. The molecule has 7 heteroatoms. The summed E-state index contributed by atoms with van der Waals surface area (Å²) in [5.74, 6) is 0.215. The monoisotopic (exact) mass is 320 g/mol. The minimum Gasteiger partial charge on any atom is -0.497 e. The van der Waals surface area contributed by atoms with Gasteiger partial charge in [-0.05, 0) is 36.4 Å². The van der Waals surface area contributed by atoms with Crippen LogP contribution >= 0.6 is 0 Å². The molecule has 0 fully saturated rings. The molecule has 0 aromatic heterocycles. The molecule has 2 aromatic carbocycles. The van der Waals surface area contributed by atoms with E-state index < -0.39 is 15.9 Å². The van der Waals surface area contributed by atoms with Crippen LogP contribution in [0.15, 0.2) is 59.5 Å². The van der Waals surface area contributed by atoms with Gasteiger partial charge < -0.3 is 10.1 Å². The van der Waals surface area contributed by atoms with Crippen LogP contribution < -0.4 is 14.8 Å². The van der Waals surface area contributed by atoms with Crippen molar-refractivity contribution in [1.29, 1.82) is 0 Å². The summed E-state index contributed by atoms with van der Waals surface area (Å²) >= 11 is 0. The van der Waals surface area contributed by atoms with Crippen LogP contribution in [0.5, 0.6) is 5.75 Å². The van der Waals surface area contributed by atoms with Crippen LogP contribution in [0.4, 0.5) is 5.69 Å². The van der Waals surface area contributed by atoms with Gasteiger partial charge in [0.15, 0.2) is 0 Å². The number of hydrogen-bond acceptors (Lipinski definition) is 4. The smallest absolute Gasteiger partial charge is 0.241 e. The number of anilines is 1. The van der Waals surface area contributed by atoms with Gasteiger partial charge in [0.05, 0.1) is 18.6 Å². The number of benzene rings is 2. The van der Waals surface area contributed by atoms with E-state index in [1.54, 1.807) is 49.6 Å². The Bertz CT molecular complexity index is 728. The molecule has 22 heavy (non-hydrogen) atoms. The van der Waals surface area contributed by atoms with E-state index >= 15 is 0 Å². The van der Waals surface area contributed by atoms with Crippen molar-refractivity contribution >= 4 is 21.6 Å². The summed E-state index contributed by atoms with van der Waals surface area (Å²) in [7, 11) is -2.14. The number of ether oxygens (including phenoxy) is 1. The predicted molar refractivity (Wildman–Crippen MR) is 83.3 cm³/mol. The summed E-state index contributed by atoms with van der Waals surface area (Å²) in [6, 6.07) is 14.6. The van der Waals surface area contributed by atoms with Crippen molar-refractivity contribution in [3.63, 3.8) is 0 Å². The van der Waals surface area contributed by atoms with Gasteiger partial charge in [-0.25, -0.2) is 13.1 Å². The van der Waals surface area contributed by atoms with E-state index in [-0.39, 0.29) is 11.4 Å². The van der Waals surface area contributed by atoms with Crippen molar-refractivity contribution in [2.75, 3.05) is 19.0 Å². The first-order valence-corrected chi connectivity index (χ1v) is 7.98. The second kappa shape index (κ2) is 7.06. The average molecular weight is 320 g/mol. The van der Waals surface area contributed by atoms with E-state index in [2.05, 4.69) is 10.0 Å². The Balaban J connectivity index is 1.92. The lowest BCUT2D eigenvalue weighted by Gasteiger charge is -2.08. The molecular weight excluding hydrogens is 304 g/mol. The molecule has 0 aliphatic rings. The largest absolute Gasteiger partial charge is 0.497 e. The van der Waals surface area contributed by atoms with Gasteiger partial charge in [-0.3, -0.25) is 4.79 Å². The molecule has 0 atom stereocenters. The molecule has 1 amide bonds. The first-order chi connectivity index (χ1) is 10.5. The minimum atomic E-state index is -3.69. The van der Waals surface area contributed by atoms with Crippen molar-refractivity contribution in [2.24, 2.45) is 0 Å². The normalized spacial score (nSPS) is 11.0. The van der Waals surface area contributed by atoms with Gasteiger partial charge in [0, 0.05) is 5.69 Å². The lowest BCUT2D eigenvalue weighted by molar-refractivity contribution is -0.115. The molecule has 0 aliphatic carbocycles. The Morgan fingerprint density at radius 2 is 1.68 bits per heavy atom. The fraction of sp³-hybridized carbons (Fsp3) is 0.133. The zero-order valence-electron chi connectivity index (χ0n) is 11.9. The molecule has 0 saturated carbocycles. The third-order valence-electron chi connectivity index (χ3n) is 2.85. The summed E-state index contributed by atoms with van der Waals surface area (Å²) in [4.78, 5) is 11.9. The van der Waals surface area contributed by atoms with Gasteiger partial charge in [0.25, 0.3) is 0 Å². The maximum absolute atomic E-state index is 12.0. The Hall–Kier alpha value is -2.38. The third kappa shape index (κ3) is 4.31. The van der Waals surface area contributed by atoms with Crippen molar-refractivity contribution in [1.82, 2.24) is 4.72 Å². The van der Waals surface area contributed by atoms with Gasteiger partial charge >= 0.3 is 0 Å². The van der Waals surface area contributed by atoms with Crippen molar-refractivity contribution < 1.29 is 17.9 Å². The quantitative estimate of drug-likeness (QED) is 0.847. The van der Waals surface area contributed by atoms with E-state index in [0.29, 0.717) is 11.4 Å². The number of sulfonamides is 1. The van der Waals surface area contributed by atoms with Gasteiger partial charge in [0.2, 0.25) is 15.9 Å². The zero-order valence-corrected chi connectivity index (χ0v) is 12.8. The molecule has 0 saturated heterocycles. The molecule has 0 radical (unpaired) electrons. The Morgan fingerprint density at radius 1 is 1.05 bits per heavy atom. The molecule has 116 valence electrons. The maximum Gasteiger partial charge on any atom is 0.241 e. The van der Waals surface area contributed by atoms with Gasteiger partial charge in [-0.15, -0.1) is 0 Å². The molecule has 0 bridgehead atoms. The first kappa shape index (κ1) is 16.0. The van der Waals surface area contributed by atoms with Crippen LogP contribution in [0.1, 0.15) is 0 Å². The third-order valence-corrected chi connectivity index (χ3v) is 4.27. The topological polar surface area (TPSA) is 84.5 Å². The number of amides is 1. The molecule has 2 aromatic rings. The molecule has 0 unspecified atom stereocenters. The molecule has 0 aliphatic heterocycles. The second-order valence-electron chi connectivity index (χ2n) is 4.41. The Kier molecular flexibility index (Phi) is 5.13. The fourth-order valence-electron chi connectivity index (χ4n) is 1.72. The highest BCUT2D eigenvalue weighted by atomic mass is 32.2. The number of carbonyl (C=O) groups is 1. The van der Waals surface area contributed by atoms with Crippen molar-refractivity contribution in [3.05, 3.63) is 54.6 Å². The summed E-state index contributed by atoms with van der Waals surface area (Å²) in [6.07, 6.45) is 0. The standard InChI is InChI=1S/C15H16N2O4S/c1-21-13-9-7-12(8-10-13)17-15(18)11-16-22(19,20)14-5-3-2-4-6-14/h2-10,16H,11H2,1H3,(H,17,18). The van der Waals surface area contributed by atoms with Crippen LogP contribution in [-0.2, 0) is 14.8 Å². The van der Waals surface area contributed by atoms with Crippen LogP contribution in [0.2, 0.25) is 0 Å². The fourth-order valence-corrected chi connectivity index (χ4v) is 2.73. The SMILES string of the molecule is COc1ccc(NC(=O)CNS(=O)(=O)c2ccccc2)cc1. The second-order valence-corrected chi connectivity index (χ2v) is 6.18. The van der Waals surface area contributed by atoms with Crippen LogP contribution in [-0.4, -0.2) is 28.0 Å².